The van der Waals surface area contributed by atoms with E-state index in [0.29, 0.717) is 25.7 Å². The van der Waals surface area contributed by atoms with Gasteiger partial charge in [0.05, 0.1) is 19.8 Å². The van der Waals surface area contributed by atoms with Gasteiger partial charge >= 0.3 is 19.8 Å². The third kappa shape index (κ3) is 40.9. The van der Waals surface area contributed by atoms with Crippen LogP contribution in [0.15, 0.2) is 97.2 Å². The van der Waals surface area contributed by atoms with E-state index in [9.17, 15) is 24.2 Å². The summed E-state index contributed by atoms with van der Waals surface area (Å²) < 4.78 is 32.6. The van der Waals surface area contributed by atoms with Gasteiger partial charge in [0.25, 0.3) is 0 Å². The van der Waals surface area contributed by atoms with E-state index < -0.39 is 51.8 Å². The van der Waals surface area contributed by atoms with E-state index >= 15 is 0 Å². The summed E-state index contributed by atoms with van der Waals surface area (Å²) in [5.74, 6) is -1.07. The first-order valence-corrected chi connectivity index (χ1v) is 22.7. The highest BCUT2D eigenvalue weighted by molar-refractivity contribution is 7.47. The van der Waals surface area contributed by atoms with Gasteiger partial charge in [-0.05, 0) is 89.9 Å². The van der Waals surface area contributed by atoms with Crippen LogP contribution in [0.1, 0.15) is 142 Å². The minimum Gasteiger partial charge on any atom is -0.462 e. The Hall–Kier alpha value is -3.11. The largest absolute Gasteiger partial charge is 0.472 e. The van der Waals surface area contributed by atoms with Crippen LogP contribution in [0, 0.1) is 0 Å². The Morgan fingerprint density at radius 1 is 0.526 bits per heavy atom. The number of carbonyl (C=O) groups excluding carboxylic acids is 2. The Kier molecular flexibility index (Phi) is 38.8. The Balaban J connectivity index is 4.53. The number of esters is 2. The first kappa shape index (κ1) is 53.9. The molecule has 0 saturated heterocycles. The molecule has 2 unspecified atom stereocenters. The predicted octanol–water partition coefficient (Wildman–Crippen LogP) is 11.2. The average Bonchev–Trinajstić information content (AvgIpc) is 3.20. The zero-order chi connectivity index (χ0) is 41.9. The summed E-state index contributed by atoms with van der Waals surface area (Å²) in [5, 5.41) is 18.3. The SMILES string of the molecule is CCCCCC=CCC=CCC=CCC=CCCCC(=O)OC[C@H](COP(=O)(O)OCC(O)CO)OC(=O)CCCC=CCC=CCC=CCC=CCCCCC. The van der Waals surface area contributed by atoms with Crippen LogP contribution in [0.25, 0.3) is 0 Å². The molecule has 0 radical (unpaired) electrons. The highest BCUT2D eigenvalue weighted by atomic mass is 31.2. The van der Waals surface area contributed by atoms with Crippen molar-refractivity contribution < 1.29 is 47.8 Å². The number of phosphoric ester groups is 1. The molecule has 0 aliphatic rings. The van der Waals surface area contributed by atoms with Crippen molar-refractivity contribution in [1.82, 2.24) is 0 Å². The molecule has 57 heavy (non-hydrogen) atoms. The molecule has 10 nitrogen and oxygen atoms in total. The monoisotopic (exact) mass is 819 g/mol. The van der Waals surface area contributed by atoms with E-state index in [1.165, 1.54) is 38.5 Å². The van der Waals surface area contributed by atoms with Crippen molar-refractivity contribution in [2.24, 2.45) is 0 Å². The van der Waals surface area contributed by atoms with Crippen LogP contribution in [0.3, 0.4) is 0 Å². The van der Waals surface area contributed by atoms with Crippen molar-refractivity contribution in [3.8, 4) is 0 Å². The van der Waals surface area contributed by atoms with Gasteiger partial charge in [-0.25, -0.2) is 4.57 Å². The number of phosphoric acid groups is 1. The summed E-state index contributed by atoms with van der Waals surface area (Å²) in [6.07, 6.45) is 49.6. The fourth-order valence-corrected chi connectivity index (χ4v) is 5.71. The van der Waals surface area contributed by atoms with Crippen LogP contribution in [0.5, 0.6) is 0 Å². The molecule has 3 atom stereocenters. The van der Waals surface area contributed by atoms with Gasteiger partial charge in [0, 0.05) is 12.8 Å². The highest BCUT2D eigenvalue weighted by Crippen LogP contribution is 2.43. The van der Waals surface area contributed by atoms with Gasteiger partial charge in [0.1, 0.15) is 12.7 Å². The average molecular weight is 819 g/mol. The molecule has 0 aromatic carbocycles. The van der Waals surface area contributed by atoms with Crippen LogP contribution >= 0.6 is 7.82 Å². The molecule has 0 spiro atoms. The van der Waals surface area contributed by atoms with E-state index in [1.54, 1.807) is 0 Å². The normalized spacial score (nSPS) is 14.8. The molecule has 0 heterocycles. The molecule has 11 heteroatoms. The molecule has 0 aliphatic heterocycles. The third-order valence-corrected chi connectivity index (χ3v) is 9.16. The molecular weight excluding hydrogens is 743 g/mol. The summed E-state index contributed by atoms with van der Waals surface area (Å²) in [6.45, 7) is 2.17. The van der Waals surface area contributed by atoms with Gasteiger partial charge in [-0.3, -0.25) is 18.6 Å². The van der Waals surface area contributed by atoms with E-state index in [0.717, 1.165) is 51.4 Å². The lowest BCUT2D eigenvalue weighted by atomic mass is 10.2. The van der Waals surface area contributed by atoms with Crippen molar-refractivity contribution in [2.75, 3.05) is 26.4 Å². The molecule has 0 amide bonds. The summed E-state index contributed by atoms with van der Waals surface area (Å²) in [6, 6.07) is 0. The number of carbonyl (C=O) groups is 2. The molecule has 0 aliphatic carbocycles. The lowest BCUT2D eigenvalue weighted by molar-refractivity contribution is -0.161. The maximum atomic E-state index is 12.6. The molecule has 0 fully saturated rings. The van der Waals surface area contributed by atoms with Crippen molar-refractivity contribution in [1.29, 1.82) is 0 Å². The van der Waals surface area contributed by atoms with Crippen LogP contribution in [0.2, 0.25) is 0 Å². The number of aliphatic hydroxyl groups is 2. The van der Waals surface area contributed by atoms with Gasteiger partial charge in [-0.1, -0.05) is 137 Å². The first-order chi connectivity index (χ1) is 27.7. The van der Waals surface area contributed by atoms with Crippen molar-refractivity contribution in [2.45, 2.75) is 154 Å². The maximum absolute atomic E-state index is 12.6. The first-order valence-electron chi connectivity index (χ1n) is 21.2. The number of ether oxygens (including phenoxy) is 2. The number of rotatable bonds is 38. The number of aliphatic hydroxyl groups excluding tert-OH is 2. The number of unbranched alkanes of at least 4 members (excludes halogenated alkanes) is 8. The summed E-state index contributed by atoms with van der Waals surface area (Å²) in [4.78, 5) is 34.9. The van der Waals surface area contributed by atoms with Crippen LogP contribution in [0.4, 0.5) is 0 Å². The van der Waals surface area contributed by atoms with Crippen molar-refractivity contribution >= 4 is 19.8 Å². The summed E-state index contributed by atoms with van der Waals surface area (Å²) >= 11 is 0. The highest BCUT2D eigenvalue weighted by Gasteiger charge is 2.27. The number of allylic oxidation sites excluding steroid dienone is 16. The summed E-state index contributed by atoms with van der Waals surface area (Å²) in [5.41, 5.74) is 0. The Morgan fingerprint density at radius 3 is 1.30 bits per heavy atom. The van der Waals surface area contributed by atoms with Crippen LogP contribution in [-0.4, -0.2) is 65.7 Å². The minimum absolute atomic E-state index is 0.0908. The quantitative estimate of drug-likeness (QED) is 0.0238. The Bertz CT molecular complexity index is 1260. The van der Waals surface area contributed by atoms with E-state index in [4.69, 9.17) is 19.1 Å². The molecule has 3 N–H and O–H groups in total. The van der Waals surface area contributed by atoms with Gasteiger partial charge < -0.3 is 24.6 Å². The molecule has 0 saturated carbocycles. The third-order valence-electron chi connectivity index (χ3n) is 8.21. The molecular formula is C46H75O10P. The molecule has 0 bridgehead atoms. The minimum atomic E-state index is -4.65. The van der Waals surface area contributed by atoms with Gasteiger partial charge in [0.2, 0.25) is 0 Å². The Labute approximate surface area is 344 Å². The van der Waals surface area contributed by atoms with Crippen molar-refractivity contribution in [3.05, 3.63) is 97.2 Å². The second-order valence-electron chi connectivity index (χ2n) is 13.7. The zero-order valence-corrected chi connectivity index (χ0v) is 35.9. The van der Waals surface area contributed by atoms with Gasteiger partial charge in [0.15, 0.2) is 6.10 Å². The van der Waals surface area contributed by atoms with Crippen molar-refractivity contribution in [3.63, 3.8) is 0 Å². The molecule has 0 rings (SSSR count). The standard InChI is InChI=1S/C46H75O10P/c1-3-5-7-9-11-13-15-17-19-21-23-25-27-29-31-33-35-37-45(49)53-41-44(42-55-57(51,52)54-40-43(48)39-47)56-46(50)38-36-34-32-30-28-26-24-22-20-18-16-14-12-10-8-6-4-2/h11-14,17-20,23-26,29-32,43-44,47-48H,3-10,15-16,21-22,27-28,33-42H2,1-2H3,(H,51,52)/t43?,44-/m1/s1. The van der Waals surface area contributed by atoms with Gasteiger partial charge in [-0.15, -0.1) is 0 Å². The summed E-state index contributed by atoms with van der Waals surface area (Å²) in [7, 11) is -4.65. The molecule has 324 valence electrons. The number of hydrogen-bond acceptors (Lipinski definition) is 9. The Morgan fingerprint density at radius 2 is 0.895 bits per heavy atom. The molecule has 0 aromatic rings. The predicted molar refractivity (Wildman–Crippen MR) is 232 cm³/mol. The lowest BCUT2D eigenvalue weighted by Gasteiger charge is -2.20. The smallest absolute Gasteiger partial charge is 0.462 e. The van der Waals surface area contributed by atoms with E-state index in [-0.39, 0.29) is 19.4 Å². The maximum Gasteiger partial charge on any atom is 0.472 e. The van der Waals surface area contributed by atoms with Gasteiger partial charge in [-0.2, -0.15) is 0 Å². The lowest BCUT2D eigenvalue weighted by Crippen LogP contribution is -2.29. The second-order valence-corrected chi connectivity index (χ2v) is 15.1. The topological polar surface area (TPSA) is 149 Å². The second kappa shape index (κ2) is 41.1. The fraction of sp³-hybridized carbons (Fsp3) is 0.609. The van der Waals surface area contributed by atoms with Crippen LogP contribution < -0.4 is 0 Å². The fourth-order valence-electron chi connectivity index (χ4n) is 4.92. The van der Waals surface area contributed by atoms with E-state index in [2.05, 4.69) is 97.4 Å². The van der Waals surface area contributed by atoms with Crippen LogP contribution in [-0.2, 0) is 32.7 Å². The molecule has 0 aromatic heterocycles. The zero-order valence-electron chi connectivity index (χ0n) is 35.0. The number of hydrogen-bond donors (Lipinski definition) is 3. The van der Waals surface area contributed by atoms with E-state index in [1.807, 2.05) is 18.2 Å².